The molecule has 78 valence electrons. The van der Waals surface area contributed by atoms with Crippen LogP contribution in [-0.4, -0.2) is 18.2 Å². The van der Waals surface area contributed by atoms with Gasteiger partial charge < -0.3 is 5.73 Å². The average Bonchev–Trinajstić information content (AvgIpc) is 2.60. The number of carbonyl (C=O) groups excluding carboxylic acids is 1. The second kappa shape index (κ2) is 3.82. The molecule has 0 saturated heterocycles. The molecule has 0 unspecified atom stereocenters. The van der Waals surface area contributed by atoms with Gasteiger partial charge in [-0.3, -0.25) is 4.79 Å². The Labute approximate surface area is 88.4 Å². The highest BCUT2D eigenvalue weighted by Crippen LogP contribution is 2.23. The molecule has 0 radical (unpaired) electrons. The fraction of sp³-hybridized carbons (Fsp3) is 0.273. The van der Waals surface area contributed by atoms with Gasteiger partial charge in [-0.15, -0.1) is 0 Å². The zero-order valence-corrected chi connectivity index (χ0v) is 8.60. The van der Waals surface area contributed by atoms with Crippen molar-refractivity contribution in [1.29, 1.82) is 0 Å². The minimum Gasteiger partial charge on any atom is -0.325 e. The molecule has 0 atom stereocenters. The molecular weight excluding hydrogens is 190 g/mol. The van der Waals surface area contributed by atoms with Gasteiger partial charge in [0.2, 0.25) is 0 Å². The van der Waals surface area contributed by atoms with Crippen molar-refractivity contribution in [2.75, 3.05) is 11.6 Å². The number of para-hydroxylation sites is 1. The molecule has 1 aliphatic rings. The van der Waals surface area contributed by atoms with Crippen LogP contribution in [0.5, 0.6) is 0 Å². The molecule has 0 aliphatic carbocycles. The van der Waals surface area contributed by atoms with Crippen LogP contribution in [-0.2, 0) is 4.79 Å². The minimum atomic E-state index is -0.00949. The summed E-state index contributed by atoms with van der Waals surface area (Å²) in [6.07, 6.45) is 0.338. The Morgan fingerprint density at radius 1 is 1.47 bits per heavy atom. The van der Waals surface area contributed by atoms with Gasteiger partial charge in [0.25, 0.3) is 5.91 Å². The van der Waals surface area contributed by atoms with E-state index in [0.717, 1.165) is 17.0 Å². The number of amides is 1. The van der Waals surface area contributed by atoms with Gasteiger partial charge in [-0.05, 0) is 18.6 Å². The summed E-state index contributed by atoms with van der Waals surface area (Å²) in [5.41, 5.74) is 8.08. The summed E-state index contributed by atoms with van der Waals surface area (Å²) in [4.78, 5) is 11.7. The summed E-state index contributed by atoms with van der Waals surface area (Å²) in [5, 5.41) is 5.64. The number of hydrogen-bond acceptors (Lipinski definition) is 3. The minimum absolute atomic E-state index is 0.00949. The van der Waals surface area contributed by atoms with Crippen molar-refractivity contribution in [3.8, 4) is 0 Å². The highest BCUT2D eigenvalue weighted by Gasteiger charge is 2.24. The highest BCUT2D eigenvalue weighted by molar-refractivity contribution is 6.13. The number of carbonyl (C=O) groups is 1. The summed E-state index contributed by atoms with van der Waals surface area (Å²) in [6.45, 7) is 2.30. The Bertz CT molecular complexity index is 426. The molecule has 1 aromatic carbocycles. The zero-order valence-electron chi connectivity index (χ0n) is 8.60. The normalized spacial score (nSPS) is 15.7. The SMILES string of the molecule is Cc1ccccc1N1N=C(CN)CC1=O. The van der Waals surface area contributed by atoms with E-state index < -0.39 is 0 Å². The van der Waals surface area contributed by atoms with Crippen molar-refractivity contribution in [3.63, 3.8) is 0 Å². The lowest BCUT2D eigenvalue weighted by molar-refractivity contribution is -0.116. The largest absolute Gasteiger partial charge is 0.325 e. The number of rotatable bonds is 2. The molecule has 4 nitrogen and oxygen atoms in total. The number of anilines is 1. The lowest BCUT2D eigenvalue weighted by Crippen LogP contribution is -2.20. The van der Waals surface area contributed by atoms with Crippen LogP contribution in [0.25, 0.3) is 0 Å². The third-order valence-electron chi connectivity index (χ3n) is 2.41. The first kappa shape index (κ1) is 9.86. The van der Waals surface area contributed by atoms with Crippen LogP contribution in [0, 0.1) is 6.92 Å². The van der Waals surface area contributed by atoms with E-state index in [-0.39, 0.29) is 5.91 Å². The van der Waals surface area contributed by atoms with Crippen molar-refractivity contribution >= 4 is 17.3 Å². The van der Waals surface area contributed by atoms with E-state index in [1.807, 2.05) is 31.2 Å². The predicted molar refractivity (Wildman–Crippen MR) is 59.8 cm³/mol. The number of nitrogens with two attached hydrogens (primary N) is 1. The maximum Gasteiger partial charge on any atom is 0.253 e. The van der Waals surface area contributed by atoms with Gasteiger partial charge >= 0.3 is 0 Å². The van der Waals surface area contributed by atoms with Crippen LogP contribution in [0.4, 0.5) is 5.69 Å². The smallest absolute Gasteiger partial charge is 0.253 e. The Hall–Kier alpha value is -1.68. The molecule has 1 heterocycles. The van der Waals surface area contributed by atoms with Crippen LogP contribution in [0.2, 0.25) is 0 Å². The Balaban J connectivity index is 2.36. The molecular formula is C11H13N3O. The van der Waals surface area contributed by atoms with Gasteiger partial charge in [-0.1, -0.05) is 18.2 Å². The van der Waals surface area contributed by atoms with Crippen LogP contribution in [0.3, 0.4) is 0 Å². The lowest BCUT2D eigenvalue weighted by Gasteiger charge is -2.13. The van der Waals surface area contributed by atoms with Gasteiger partial charge in [-0.2, -0.15) is 5.10 Å². The number of aryl methyl sites for hydroxylation is 1. The maximum absolute atomic E-state index is 11.7. The topological polar surface area (TPSA) is 58.7 Å². The van der Waals surface area contributed by atoms with Crippen LogP contribution >= 0.6 is 0 Å². The third kappa shape index (κ3) is 1.76. The molecule has 15 heavy (non-hydrogen) atoms. The molecule has 0 saturated carbocycles. The lowest BCUT2D eigenvalue weighted by atomic mass is 10.2. The van der Waals surface area contributed by atoms with E-state index in [1.165, 1.54) is 5.01 Å². The first-order valence-corrected chi connectivity index (χ1v) is 4.87. The number of hydrazone groups is 1. The van der Waals surface area contributed by atoms with E-state index in [0.29, 0.717) is 13.0 Å². The van der Waals surface area contributed by atoms with E-state index in [1.54, 1.807) is 0 Å². The summed E-state index contributed by atoms with van der Waals surface area (Å²) in [6, 6.07) is 7.67. The molecule has 4 heteroatoms. The third-order valence-corrected chi connectivity index (χ3v) is 2.41. The molecule has 1 amide bonds. The Morgan fingerprint density at radius 2 is 2.20 bits per heavy atom. The Kier molecular flexibility index (Phi) is 2.51. The van der Waals surface area contributed by atoms with Crippen LogP contribution < -0.4 is 10.7 Å². The fourth-order valence-electron chi connectivity index (χ4n) is 1.58. The van der Waals surface area contributed by atoms with Crippen molar-refractivity contribution in [2.24, 2.45) is 10.8 Å². The Morgan fingerprint density at radius 3 is 2.80 bits per heavy atom. The first-order valence-electron chi connectivity index (χ1n) is 4.87. The molecule has 0 fully saturated rings. The monoisotopic (exact) mass is 203 g/mol. The van der Waals surface area contributed by atoms with Crippen LogP contribution in [0.15, 0.2) is 29.4 Å². The second-order valence-corrected chi connectivity index (χ2v) is 3.54. The standard InChI is InChI=1S/C11H13N3O/c1-8-4-2-3-5-10(8)14-11(15)6-9(7-12)13-14/h2-5H,6-7,12H2,1H3. The van der Waals surface area contributed by atoms with Crippen LogP contribution in [0.1, 0.15) is 12.0 Å². The molecule has 0 spiro atoms. The molecule has 1 aromatic rings. The number of benzene rings is 1. The summed E-state index contributed by atoms with van der Waals surface area (Å²) in [5.74, 6) is -0.00949. The molecule has 0 aromatic heterocycles. The predicted octanol–water partition coefficient (Wildman–Crippen LogP) is 1.05. The number of nitrogens with zero attached hydrogens (tertiary/aromatic N) is 2. The first-order chi connectivity index (χ1) is 7.22. The zero-order chi connectivity index (χ0) is 10.8. The number of hydrogen-bond donors (Lipinski definition) is 1. The van der Waals surface area contributed by atoms with Crippen molar-refractivity contribution < 1.29 is 4.79 Å². The molecule has 2 N–H and O–H groups in total. The summed E-state index contributed by atoms with van der Waals surface area (Å²) in [7, 11) is 0. The molecule has 0 bridgehead atoms. The van der Waals surface area contributed by atoms with Crippen molar-refractivity contribution in [1.82, 2.24) is 0 Å². The quantitative estimate of drug-likeness (QED) is 0.780. The second-order valence-electron chi connectivity index (χ2n) is 3.54. The van der Waals surface area contributed by atoms with Gasteiger partial charge in [0.05, 0.1) is 17.8 Å². The van der Waals surface area contributed by atoms with E-state index >= 15 is 0 Å². The van der Waals surface area contributed by atoms with Gasteiger partial charge in [-0.25, -0.2) is 5.01 Å². The van der Waals surface area contributed by atoms with Gasteiger partial charge in [0.15, 0.2) is 0 Å². The van der Waals surface area contributed by atoms with E-state index in [2.05, 4.69) is 5.10 Å². The van der Waals surface area contributed by atoms with Gasteiger partial charge in [0, 0.05) is 6.54 Å². The van der Waals surface area contributed by atoms with Gasteiger partial charge in [0.1, 0.15) is 0 Å². The summed E-state index contributed by atoms with van der Waals surface area (Å²) < 4.78 is 0. The highest BCUT2D eigenvalue weighted by atomic mass is 16.2. The van der Waals surface area contributed by atoms with Crippen molar-refractivity contribution in [2.45, 2.75) is 13.3 Å². The maximum atomic E-state index is 11.7. The fourth-order valence-corrected chi connectivity index (χ4v) is 1.58. The van der Waals surface area contributed by atoms with E-state index in [9.17, 15) is 4.79 Å². The molecule has 2 rings (SSSR count). The summed E-state index contributed by atoms with van der Waals surface area (Å²) >= 11 is 0. The average molecular weight is 203 g/mol. The molecule has 1 aliphatic heterocycles. The van der Waals surface area contributed by atoms with Crippen molar-refractivity contribution in [3.05, 3.63) is 29.8 Å². The van der Waals surface area contributed by atoms with E-state index in [4.69, 9.17) is 5.73 Å².